The number of nitrogens with one attached hydrogen (secondary N) is 1. The Kier molecular flexibility index (Phi) is 8.79. The molecule has 0 radical (unpaired) electrons. The van der Waals surface area contributed by atoms with Gasteiger partial charge < -0.3 is 29.4 Å². The molecule has 1 aromatic carbocycles. The van der Waals surface area contributed by atoms with Crippen LogP contribution in [0.4, 0.5) is 10.1 Å². The van der Waals surface area contributed by atoms with Gasteiger partial charge in [-0.3, -0.25) is 9.32 Å². The van der Waals surface area contributed by atoms with Gasteiger partial charge in [-0.1, -0.05) is 11.6 Å². The van der Waals surface area contributed by atoms with Crippen molar-refractivity contribution >= 4 is 42.0 Å². The summed E-state index contributed by atoms with van der Waals surface area (Å²) in [6, 6.07) is 8.16. The summed E-state index contributed by atoms with van der Waals surface area (Å²) >= 11 is 5.95. The molecule has 0 bridgehead atoms. The maximum absolute atomic E-state index is 16.0. The Morgan fingerprint density at radius 2 is 1.93 bits per heavy atom. The maximum atomic E-state index is 16.0. The lowest BCUT2D eigenvalue weighted by atomic mass is 9.96. The summed E-state index contributed by atoms with van der Waals surface area (Å²) in [5, 5.41) is 14.6. The van der Waals surface area contributed by atoms with Crippen molar-refractivity contribution in [3.8, 4) is 5.75 Å². The van der Waals surface area contributed by atoms with Crippen molar-refractivity contribution in [2.75, 3.05) is 5.73 Å². The first-order valence-corrected chi connectivity index (χ1v) is 14.6. The Morgan fingerprint density at radius 3 is 2.58 bits per heavy atom. The van der Waals surface area contributed by atoms with E-state index in [1.165, 1.54) is 55.8 Å². The highest BCUT2D eigenvalue weighted by atomic mass is 35.5. The van der Waals surface area contributed by atoms with Gasteiger partial charge in [0, 0.05) is 28.5 Å². The number of benzene rings is 1. The minimum atomic E-state index is -4.36. The van der Waals surface area contributed by atoms with Gasteiger partial charge in [0.25, 0.3) is 0 Å². The second-order valence-corrected chi connectivity index (χ2v) is 12.2. The van der Waals surface area contributed by atoms with Crippen LogP contribution in [0.3, 0.4) is 0 Å². The number of fused-ring (bicyclic) bond motifs is 1. The van der Waals surface area contributed by atoms with Crippen LogP contribution in [-0.4, -0.2) is 56.8 Å². The standard InChI is InChI=1S/C26H33ClFN4O7P/c1-14(2)36-24(34)15(3)31-40(35,39-18-8-6-17(27)7-9-18)38-16(4)21-22(33)26(5,28)25(37-21)32-13-11-19-20(29)10-12-30-23(19)32/h6-16,21-22,25,33H,1-5H3,(H2,29,30)(H,31,35)/t15-,16?,21+,22+,25+,26+,40?/m0/s1. The summed E-state index contributed by atoms with van der Waals surface area (Å²) in [5.74, 6) is -0.563. The molecule has 218 valence electrons. The molecule has 11 nitrogen and oxygen atoms in total. The summed E-state index contributed by atoms with van der Waals surface area (Å²) in [5.41, 5.74) is 4.53. The molecule has 40 heavy (non-hydrogen) atoms. The average Bonchev–Trinajstić information content (AvgIpc) is 3.39. The molecule has 4 N–H and O–H groups in total. The molecule has 0 aliphatic carbocycles. The molecule has 1 fully saturated rings. The largest absolute Gasteiger partial charge is 0.462 e. The van der Waals surface area contributed by atoms with Crippen LogP contribution in [0, 0.1) is 0 Å². The molecule has 1 saturated heterocycles. The number of nitrogens with two attached hydrogens (primary N) is 1. The number of carbonyl (C=O) groups excluding carboxylic acids is 1. The van der Waals surface area contributed by atoms with E-state index < -0.39 is 56.1 Å². The van der Waals surface area contributed by atoms with E-state index in [1.807, 2.05) is 0 Å². The lowest BCUT2D eigenvalue weighted by Crippen LogP contribution is -2.44. The van der Waals surface area contributed by atoms with Gasteiger partial charge in [0.15, 0.2) is 11.9 Å². The van der Waals surface area contributed by atoms with E-state index in [2.05, 4.69) is 10.1 Å². The lowest BCUT2D eigenvalue weighted by Gasteiger charge is -2.29. The number of carbonyl (C=O) groups is 1. The van der Waals surface area contributed by atoms with Crippen LogP contribution in [0.15, 0.2) is 48.8 Å². The third-order valence-electron chi connectivity index (χ3n) is 6.42. The van der Waals surface area contributed by atoms with Gasteiger partial charge in [-0.25, -0.2) is 13.9 Å². The van der Waals surface area contributed by atoms with Gasteiger partial charge in [0.1, 0.15) is 29.6 Å². The fraction of sp³-hybridized carbons (Fsp3) is 0.462. The van der Waals surface area contributed by atoms with E-state index in [4.69, 9.17) is 35.9 Å². The number of ether oxygens (including phenoxy) is 2. The first kappa shape index (κ1) is 30.2. The molecule has 7 atom stereocenters. The summed E-state index contributed by atoms with van der Waals surface area (Å²) < 4.78 is 54.1. The normalized spacial score (nSPS) is 26.0. The van der Waals surface area contributed by atoms with Crippen LogP contribution in [0.25, 0.3) is 11.0 Å². The van der Waals surface area contributed by atoms with Gasteiger partial charge in [-0.2, -0.15) is 5.09 Å². The molecule has 4 rings (SSSR count). The van der Waals surface area contributed by atoms with E-state index in [0.717, 1.165) is 0 Å². The topological polar surface area (TPSA) is 147 Å². The third kappa shape index (κ3) is 6.27. The number of aromatic nitrogens is 2. The molecule has 1 aliphatic heterocycles. The molecule has 14 heteroatoms. The predicted octanol–water partition coefficient (Wildman–Crippen LogP) is 4.78. The monoisotopic (exact) mass is 598 g/mol. The second kappa shape index (κ2) is 11.6. The van der Waals surface area contributed by atoms with Gasteiger partial charge in [0.05, 0.1) is 12.2 Å². The van der Waals surface area contributed by atoms with Crippen molar-refractivity contribution in [3.63, 3.8) is 0 Å². The van der Waals surface area contributed by atoms with E-state index in [9.17, 15) is 14.5 Å². The quantitative estimate of drug-likeness (QED) is 0.220. The van der Waals surface area contributed by atoms with Crippen LogP contribution >= 0.6 is 19.3 Å². The maximum Gasteiger partial charge on any atom is 0.459 e. The van der Waals surface area contributed by atoms with Crippen molar-refractivity contribution < 1.29 is 37.4 Å². The Bertz CT molecular complexity index is 1400. The van der Waals surface area contributed by atoms with Gasteiger partial charge in [0.2, 0.25) is 0 Å². The number of esters is 1. The van der Waals surface area contributed by atoms with Crippen molar-refractivity contribution in [2.45, 2.75) is 77.0 Å². The summed E-state index contributed by atoms with van der Waals surface area (Å²) in [4.78, 5) is 16.7. The summed E-state index contributed by atoms with van der Waals surface area (Å²) in [6.07, 6.45) is -2.85. The molecular weight excluding hydrogens is 566 g/mol. The Balaban J connectivity index is 1.59. The van der Waals surface area contributed by atoms with Crippen LogP contribution in [-0.2, 0) is 23.4 Å². The number of aliphatic hydroxyl groups is 1. The number of aliphatic hydroxyl groups excluding tert-OH is 1. The molecular formula is C26H33ClFN4O7P. The van der Waals surface area contributed by atoms with Gasteiger partial charge in [-0.05, 0) is 71.0 Å². The van der Waals surface area contributed by atoms with Crippen LogP contribution in [0.1, 0.15) is 40.8 Å². The van der Waals surface area contributed by atoms with Crippen molar-refractivity contribution in [1.82, 2.24) is 14.6 Å². The second-order valence-electron chi connectivity index (χ2n) is 10.1. The van der Waals surface area contributed by atoms with E-state index in [1.54, 1.807) is 32.2 Å². The molecule has 3 heterocycles. The number of pyridine rings is 1. The van der Waals surface area contributed by atoms with Crippen LogP contribution < -0.4 is 15.3 Å². The minimum absolute atomic E-state index is 0.125. The fourth-order valence-electron chi connectivity index (χ4n) is 4.41. The zero-order chi connectivity index (χ0) is 29.4. The SMILES string of the molecule is CC(C)OC(=O)[C@H](C)NP(=O)(Oc1ccc(Cl)cc1)OC(C)[C@H]1O[C@@H](n2ccc3c(N)ccnc32)[C@](C)(F)[C@@H]1O. The highest BCUT2D eigenvalue weighted by molar-refractivity contribution is 7.52. The zero-order valence-electron chi connectivity index (χ0n) is 22.7. The molecule has 0 spiro atoms. The lowest BCUT2D eigenvalue weighted by molar-refractivity contribution is -0.149. The van der Waals surface area contributed by atoms with Crippen molar-refractivity contribution in [3.05, 3.63) is 53.8 Å². The Morgan fingerprint density at radius 1 is 1.25 bits per heavy atom. The van der Waals surface area contributed by atoms with Gasteiger partial charge >= 0.3 is 13.7 Å². The zero-order valence-corrected chi connectivity index (χ0v) is 24.3. The number of hydrogen-bond donors (Lipinski definition) is 3. The smallest absolute Gasteiger partial charge is 0.459 e. The first-order chi connectivity index (χ1) is 18.7. The number of anilines is 1. The minimum Gasteiger partial charge on any atom is -0.462 e. The van der Waals surface area contributed by atoms with Gasteiger partial charge in [-0.15, -0.1) is 0 Å². The van der Waals surface area contributed by atoms with Crippen molar-refractivity contribution in [1.29, 1.82) is 0 Å². The highest BCUT2D eigenvalue weighted by Gasteiger charge is 2.57. The highest BCUT2D eigenvalue weighted by Crippen LogP contribution is 2.50. The predicted molar refractivity (Wildman–Crippen MR) is 148 cm³/mol. The third-order valence-corrected chi connectivity index (χ3v) is 8.44. The Labute approximate surface area is 236 Å². The Hall–Kier alpha value is -2.73. The fourth-order valence-corrected chi connectivity index (χ4v) is 6.23. The number of alkyl halides is 1. The molecule has 2 unspecified atom stereocenters. The average molecular weight is 599 g/mol. The van der Waals surface area contributed by atoms with Crippen LogP contribution in [0.5, 0.6) is 5.75 Å². The summed E-state index contributed by atoms with van der Waals surface area (Å²) in [7, 11) is -4.36. The van der Waals surface area contributed by atoms with E-state index in [-0.39, 0.29) is 5.75 Å². The van der Waals surface area contributed by atoms with Crippen LogP contribution in [0.2, 0.25) is 5.02 Å². The first-order valence-electron chi connectivity index (χ1n) is 12.7. The number of halogens is 2. The van der Waals surface area contributed by atoms with Crippen molar-refractivity contribution in [2.24, 2.45) is 0 Å². The number of hydrogen-bond acceptors (Lipinski definition) is 9. The molecule has 3 aromatic rings. The number of nitrogen functional groups attached to an aromatic ring is 1. The van der Waals surface area contributed by atoms with E-state index in [0.29, 0.717) is 21.7 Å². The molecule has 2 aromatic heterocycles. The molecule has 0 saturated carbocycles. The molecule has 1 aliphatic rings. The molecule has 0 amide bonds. The number of rotatable bonds is 10. The number of nitrogens with zero attached hydrogens (tertiary/aromatic N) is 2. The van der Waals surface area contributed by atoms with E-state index >= 15 is 4.39 Å². The summed E-state index contributed by atoms with van der Waals surface area (Å²) in [6.45, 7) is 7.43.